The van der Waals surface area contributed by atoms with E-state index in [2.05, 4.69) is 25.9 Å². The lowest BCUT2D eigenvalue weighted by molar-refractivity contribution is 0.0697. The summed E-state index contributed by atoms with van der Waals surface area (Å²) in [6.07, 6.45) is 1.48. The molecule has 8 heteroatoms. The molecule has 2 aromatic heterocycles. The number of carboxylic acid groups (broad SMARTS) is 1. The van der Waals surface area contributed by atoms with Crippen LogP contribution in [0.2, 0.25) is 0 Å². The fourth-order valence-corrected chi connectivity index (χ4v) is 2.74. The molecule has 1 N–H and O–H groups in total. The molecule has 0 aliphatic rings. The molecule has 0 fully saturated rings. The Labute approximate surface area is 131 Å². The van der Waals surface area contributed by atoms with Crippen LogP contribution in [0.15, 0.2) is 41.1 Å². The normalized spacial score (nSPS) is 11.0. The number of aromatic carboxylic acids is 1. The largest absolute Gasteiger partial charge is 0.478 e. The van der Waals surface area contributed by atoms with Crippen LogP contribution < -0.4 is 0 Å². The van der Waals surface area contributed by atoms with Gasteiger partial charge < -0.3 is 5.11 Å². The number of benzene rings is 1. The van der Waals surface area contributed by atoms with Crippen LogP contribution in [0.25, 0.3) is 22.4 Å². The minimum absolute atomic E-state index is 0.00204. The standard InChI is InChI=1S/C13H7BrFN3O2S/c14-11-6-16-12-9(17-11)5-10(18(12)21-15)7-2-1-3-8(4-7)13(19)20/h1-6H,(H,19,20). The maximum atomic E-state index is 13.3. The van der Waals surface area contributed by atoms with Crippen molar-refractivity contribution in [1.82, 2.24) is 13.9 Å². The summed E-state index contributed by atoms with van der Waals surface area (Å²) in [5.41, 5.74) is 2.11. The third kappa shape index (κ3) is 2.52. The summed E-state index contributed by atoms with van der Waals surface area (Å²) < 4.78 is 15.1. The Morgan fingerprint density at radius 1 is 1.38 bits per heavy atom. The zero-order valence-electron chi connectivity index (χ0n) is 10.3. The van der Waals surface area contributed by atoms with Crippen LogP contribution in [0, 0.1) is 0 Å². The van der Waals surface area contributed by atoms with Crippen molar-refractivity contribution in [3.8, 4) is 11.3 Å². The van der Waals surface area contributed by atoms with E-state index < -0.39 is 5.97 Å². The number of halogens is 2. The molecule has 0 aliphatic heterocycles. The molecule has 5 nitrogen and oxygen atoms in total. The molecule has 21 heavy (non-hydrogen) atoms. The number of hydrogen-bond acceptors (Lipinski definition) is 4. The van der Waals surface area contributed by atoms with E-state index in [9.17, 15) is 8.68 Å². The highest BCUT2D eigenvalue weighted by atomic mass is 79.9. The third-order valence-corrected chi connectivity index (χ3v) is 3.80. The van der Waals surface area contributed by atoms with Crippen molar-refractivity contribution in [1.29, 1.82) is 0 Å². The topological polar surface area (TPSA) is 68.0 Å². The summed E-state index contributed by atoms with van der Waals surface area (Å²) in [6, 6.07) is 7.95. The first-order valence-electron chi connectivity index (χ1n) is 5.77. The van der Waals surface area contributed by atoms with Crippen molar-refractivity contribution in [2.75, 3.05) is 0 Å². The van der Waals surface area contributed by atoms with E-state index in [0.717, 1.165) is 0 Å². The second-order valence-corrected chi connectivity index (χ2v) is 5.50. The number of nitrogens with zero attached hydrogens (tertiary/aromatic N) is 3. The van der Waals surface area contributed by atoms with Crippen molar-refractivity contribution in [3.63, 3.8) is 0 Å². The monoisotopic (exact) mass is 367 g/mol. The van der Waals surface area contributed by atoms with Crippen LogP contribution in [-0.2, 0) is 0 Å². The first-order chi connectivity index (χ1) is 10.1. The van der Waals surface area contributed by atoms with Crippen molar-refractivity contribution in [2.45, 2.75) is 0 Å². The van der Waals surface area contributed by atoms with Crippen molar-refractivity contribution < 1.29 is 13.8 Å². The van der Waals surface area contributed by atoms with Gasteiger partial charge in [-0.1, -0.05) is 12.1 Å². The van der Waals surface area contributed by atoms with E-state index in [-0.39, 0.29) is 17.9 Å². The van der Waals surface area contributed by atoms with Gasteiger partial charge in [0.25, 0.3) is 0 Å². The molecule has 1 aromatic carbocycles. The highest BCUT2D eigenvalue weighted by molar-refractivity contribution is 9.10. The van der Waals surface area contributed by atoms with Gasteiger partial charge in [-0.05, 0) is 34.1 Å². The Balaban J connectivity index is 2.24. The summed E-state index contributed by atoms with van der Waals surface area (Å²) in [5, 5.41) is 9.04. The van der Waals surface area contributed by atoms with Gasteiger partial charge in [0.05, 0.1) is 17.5 Å². The fourth-order valence-electron chi connectivity index (χ4n) is 2.01. The van der Waals surface area contributed by atoms with E-state index in [0.29, 0.717) is 27.0 Å². The molecule has 0 unspecified atom stereocenters. The minimum atomic E-state index is -1.04. The fraction of sp³-hybridized carbons (Fsp3) is 0. The number of fused-ring (bicyclic) bond motifs is 1. The summed E-state index contributed by atoms with van der Waals surface area (Å²) in [7, 11) is 0. The Kier molecular flexibility index (Phi) is 3.64. The van der Waals surface area contributed by atoms with E-state index in [1.807, 2.05) is 0 Å². The predicted octanol–water partition coefficient (Wildman–Crippen LogP) is 3.94. The van der Waals surface area contributed by atoms with Gasteiger partial charge in [0, 0.05) is 5.56 Å². The minimum Gasteiger partial charge on any atom is -0.478 e. The van der Waals surface area contributed by atoms with Gasteiger partial charge in [-0.15, -0.1) is 3.89 Å². The smallest absolute Gasteiger partial charge is 0.335 e. The SMILES string of the molecule is O=C(O)c1cccc(-c2cc3nc(Br)cnc3n2SF)c1. The Hall–Kier alpha value is -1.93. The maximum absolute atomic E-state index is 13.3. The third-order valence-electron chi connectivity index (χ3n) is 2.91. The Bertz CT molecular complexity index is 853. The van der Waals surface area contributed by atoms with Crippen LogP contribution >= 0.6 is 28.3 Å². The quantitative estimate of drug-likeness (QED) is 0.759. The van der Waals surface area contributed by atoms with Crippen LogP contribution in [0.5, 0.6) is 0 Å². The maximum Gasteiger partial charge on any atom is 0.335 e. The highest BCUT2D eigenvalue weighted by Gasteiger charge is 2.15. The molecule has 0 saturated carbocycles. The second-order valence-electron chi connectivity index (χ2n) is 4.18. The number of hydrogen-bond donors (Lipinski definition) is 1. The highest BCUT2D eigenvalue weighted by Crippen LogP contribution is 2.31. The average Bonchev–Trinajstić information content (AvgIpc) is 2.84. The zero-order chi connectivity index (χ0) is 15.0. The Morgan fingerprint density at radius 3 is 2.90 bits per heavy atom. The summed E-state index contributed by atoms with van der Waals surface area (Å²) >= 11 is 3.21. The molecule has 0 atom stereocenters. The van der Waals surface area contributed by atoms with Crippen LogP contribution in [0.3, 0.4) is 0 Å². The molecular formula is C13H7BrFN3O2S. The summed E-state index contributed by atoms with van der Waals surface area (Å²) in [5.74, 6) is -1.04. The van der Waals surface area contributed by atoms with E-state index in [4.69, 9.17) is 5.11 Å². The summed E-state index contributed by atoms with van der Waals surface area (Å²) in [4.78, 5) is 19.4. The van der Waals surface area contributed by atoms with Gasteiger partial charge in [-0.25, -0.2) is 18.7 Å². The lowest BCUT2D eigenvalue weighted by Crippen LogP contribution is -1.97. The van der Waals surface area contributed by atoms with Crippen molar-refractivity contribution in [3.05, 3.63) is 46.7 Å². The molecule has 2 heterocycles. The van der Waals surface area contributed by atoms with Crippen LogP contribution in [0.4, 0.5) is 3.89 Å². The average molecular weight is 368 g/mol. The van der Waals surface area contributed by atoms with Crippen molar-refractivity contribution >= 4 is 45.4 Å². The van der Waals surface area contributed by atoms with E-state index in [1.165, 1.54) is 22.3 Å². The molecule has 0 spiro atoms. The van der Waals surface area contributed by atoms with Crippen molar-refractivity contribution in [2.24, 2.45) is 0 Å². The van der Waals surface area contributed by atoms with Gasteiger partial charge >= 0.3 is 5.97 Å². The van der Waals surface area contributed by atoms with Crippen LogP contribution in [-0.4, -0.2) is 25.0 Å². The number of aromatic nitrogens is 3. The summed E-state index contributed by atoms with van der Waals surface area (Å²) in [6.45, 7) is 0. The van der Waals surface area contributed by atoms with E-state index in [1.54, 1.807) is 18.2 Å². The first-order valence-corrected chi connectivity index (χ1v) is 7.23. The Morgan fingerprint density at radius 2 is 2.19 bits per heavy atom. The number of carbonyl (C=O) groups is 1. The van der Waals surface area contributed by atoms with Gasteiger partial charge in [0.15, 0.2) is 18.0 Å². The zero-order valence-corrected chi connectivity index (χ0v) is 12.7. The van der Waals surface area contributed by atoms with Crippen LogP contribution in [0.1, 0.15) is 10.4 Å². The molecule has 3 aromatic rings. The molecule has 0 amide bonds. The van der Waals surface area contributed by atoms with Gasteiger partial charge in [-0.3, -0.25) is 0 Å². The molecule has 0 bridgehead atoms. The number of rotatable bonds is 3. The number of carboxylic acids is 1. The first kappa shape index (κ1) is 14.0. The van der Waals surface area contributed by atoms with Gasteiger partial charge in [0.1, 0.15) is 10.1 Å². The predicted molar refractivity (Wildman–Crippen MR) is 81.7 cm³/mol. The molecule has 3 rings (SSSR count). The van der Waals surface area contributed by atoms with Gasteiger partial charge in [-0.2, -0.15) is 0 Å². The lowest BCUT2D eigenvalue weighted by atomic mass is 10.1. The molecule has 0 radical (unpaired) electrons. The van der Waals surface area contributed by atoms with Gasteiger partial charge in [0.2, 0.25) is 0 Å². The lowest BCUT2D eigenvalue weighted by Gasteiger charge is -2.04. The second kappa shape index (κ2) is 5.45. The molecule has 0 aliphatic carbocycles. The molecular weight excluding hydrogens is 361 g/mol. The molecule has 106 valence electrons. The molecule has 0 saturated heterocycles. The van der Waals surface area contributed by atoms with E-state index >= 15 is 0 Å².